The smallest absolute Gasteiger partial charge is 0.310 e. The highest BCUT2D eigenvalue weighted by Gasteiger charge is 2.66. The lowest BCUT2D eigenvalue weighted by Gasteiger charge is -2.12. The van der Waals surface area contributed by atoms with Crippen molar-refractivity contribution in [3.05, 3.63) is 0 Å². The maximum atomic E-state index is 10.8. The molecule has 10 heavy (non-hydrogen) atoms. The van der Waals surface area contributed by atoms with Crippen molar-refractivity contribution in [1.29, 1.82) is 0 Å². The Kier molecular flexibility index (Phi) is 0.960. The zero-order valence-corrected chi connectivity index (χ0v) is 6.13. The molecule has 0 spiro atoms. The fourth-order valence-corrected chi connectivity index (χ4v) is 2.49. The predicted molar refractivity (Wildman–Crippen MR) is 36.6 cm³/mol. The molecule has 0 bridgehead atoms. The second-order valence-electron chi connectivity index (χ2n) is 3.72. The Hall–Kier alpha value is -0.530. The second-order valence-corrected chi connectivity index (χ2v) is 3.72. The molecule has 0 radical (unpaired) electrons. The van der Waals surface area contributed by atoms with Gasteiger partial charge in [-0.1, -0.05) is 6.92 Å². The molecule has 0 aliphatic heterocycles. The van der Waals surface area contributed by atoms with Crippen molar-refractivity contribution in [2.75, 3.05) is 0 Å². The minimum atomic E-state index is -0.553. The fourth-order valence-electron chi connectivity index (χ4n) is 2.49. The third-order valence-corrected chi connectivity index (χ3v) is 3.38. The van der Waals surface area contributed by atoms with E-state index in [4.69, 9.17) is 5.11 Å². The number of carboxylic acid groups (broad SMARTS) is 1. The summed E-state index contributed by atoms with van der Waals surface area (Å²) in [5.41, 5.74) is -0.264. The van der Waals surface area contributed by atoms with Crippen LogP contribution in [-0.2, 0) is 4.79 Å². The van der Waals surface area contributed by atoms with E-state index in [1.165, 1.54) is 0 Å². The third kappa shape index (κ3) is 0.482. The average molecular weight is 140 g/mol. The number of hydrogen-bond acceptors (Lipinski definition) is 1. The lowest BCUT2D eigenvalue weighted by Crippen LogP contribution is -2.21. The molecular formula is C8H12O2. The van der Waals surface area contributed by atoms with Gasteiger partial charge in [-0.25, -0.2) is 0 Å². The Labute approximate surface area is 60.2 Å². The highest BCUT2D eigenvalue weighted by Crippen LogP contribution is 2.66. The monoisotopic (exact) mass is 140 g/mol. The summed E-state index contributed by atoms with van der Waals surface area (Å²) in [5, 5.41) is 8.88. The summed E-state index contributed by atoms with van der Waals surface area (Å²) in [4.78, 5) is 10.8. The van der Waals surface area contributed by atoms with Gasteiger partial charge in [0.05, 0.1) is 5.41 Å². The van der Waals surface area contributed by atoms with Crippen molar-refractivity contribution in [2.45, 2.75) is 26.2 Å². The molecule has 0 amide bonds. The van der Waals surface area contributed by atoms with E-state index in [1.807, 2.05) is 0 Å². The lowest BCUT2D eigenvalue weighted by atomic mass is 9.92. The van der Waals surface area contributed by atoms with Gasteiger partial charge in [-0.3, -0.25) is 4.79 Å². The van der Waals surface area contributed by atoms with E-state index in [9.17, 15) is 4.79 Å². The number of carbonyl (C=O) groups is 1. The molecule has 2 heteroatoms. The summed E-state index contributed by atoms with van der Waals surface area (Å²) in [6, 6.07) is 0. The van der Waals surface area contributed by atoms with Gasteiger partial charge in [0, 0.05) is 0 Å². The van der Waals surface area contributed by atoms with Crippen molar-refractivity contribution in [3.63, 3.8) is 0 Å². The topological polar surface area (TPSA) is 37.3 Å². The lowest BCUT2D eigenvalue weighted by molar-refractivity contribution is -0.145. The van der Waals surface area contributed by atoms with Crippen LogP contribution in [0.1, 0.15) is 26.2 Å². The summed E-state index contributed by atoms with van der Waals surface area (Å²) < 4.78 is 0. The minimum absolute atomic E-state index is 0.264. The van der Waals surface area contributed by atoms with E-state index in [-0.39, 0.29) is 5.41 Å². The van der Waals surface area contributed by atoms with Gasteiger partial charge in [0.1, 0.15) is 0 Å². The van der Waals surface area contributed by atoms with Crippen molar-refractivity contribution in [2.24, 2.45) is 17.3 Å². The predicted octanol–water partition coefficient (Wildman–Crippen LogP) is 1.51. The van der Waals surface area contributed by atoms with E-state index >= 15 is 0 Å². The summed E-state index contributed by atoms with van der Waals surface area (Å²) in [6.07, 6.45) is 3.22. The van der Waals surface area contributed by atoms with Crippen LogP contribution >= 0.6 is 0 Å². The maximum Gasteiger partial charge on any atom is 0.310 e. The molecule has 2 rings (SSSR count). The highest BCUT2D eigenvalue weighted by molar-refractivity contribution is 5.79. The number of rotatable bonds is 1. The molecule has 0 heterocycles. The second kappa shape index (κ2) is 1.55. The number of carboxylic acids is 1. The molecule has 0 saturated heterocycles. The average Bonchev–Trinajstić information content (AvgIpc) is 2.52. The van der Waals surface area contributed by atoms with Gasteiger partial charge in [-0.05, 0) is 31.1 Å². The van der Waals surface area contributed by atoms with Crippen LogP contribution in [0, 0.1) is 17.3 Å². The van der Waals surface area contributed by atoms with E-state index in [0.29, 0.717) is 11.8 Å². The van der Waals surface area contributed by atoms with Gasteiger partial charge in [0.25, 0.3) is 0 Å². The van der Waals surface area contributed by atoms with Gasteiger partial charge < -0.3 is 5.11 Å². The highest BCUT2D eigenvalue weighted by atomic mass is 16.4. The standard InChI is InChI=1S/C8H12O2/c1-5-2-3-6-4-8(5,6)7(9)10/h5-6H,2-4H2,1H3,(H,9,10). The zero-order valence-electron chi connectivity index (χ0n) is 6.13. The summed E-state index contributed by atoms with van der Waals surface area (Å²) in [7, 11) is 0. The summed E-state index contributed by atoms with van der Waals surface area (Å²) in [6.45, 7) is 2.07. The van der Waals surface area contributed by atoms with Crippen LogP contribution in [0.25, 0.3) is 0 Å². The van der Waals surface area contributed by atoms with Crippen molar-refractivity contribution >= 4 is 5.97 Å². The van der Waals surface area contributed by atoms with Gasteiger partial charge in [-0.15, -0.1) is 0 Å². The third-order valence-electron chi connectivity index (χ3n) is 3.38. The molecule has 1 N–H and O–H groups in total. The molecule has 0 aromatic carbocycles. The van der Waals surface area contributed by atoms with Crippen LogP contribution in [0.15, 0.2) is 0 Å². The molecule has 3 unspecified atom stereocenters. The van der Waals surface area contributed by atoms with Crippen LogP contribution in [0.4, 0.5) is 0 Å². The molecule has 3 atom stereocenters. The molecule has 2 aliphatic carbocycles. The largest absolute Gasteiger partial charge is 0.481 e. The van der Waals surface area contributed by atoms with Crippen molar-refractivity contribution in [1.82, 2.24) is 0 Å². The zero-order chi connectivity index (χ0) is 7.35. The van der Waals surface area contributed by atoms with E-state index in [2.05, 4.69) is 6.92 Å². The molecule has 56 valence electrons. The van der Waals surface area contributed by atoms with Crippen LogP contribution in [0.3, 0.4) is 0 Å². The van der Waals surface area contributed by atoms with Gasteiger partial charge in [0.15, 0.2) is 0 Å². The Balaban J connectivity index is 2.25. The first-order valence-corrected chi connectivity index (χ1v) is 3.91. The molecular weight excluding hydrogens is 128 g/mol. The van der Waals surface area contributed by atoms with E-state index < -0.39 is 5.97 Å². The van der Waals surface area contributed by atoms with Crippen LogP contribution < -0.4 is 0 Å². The Morgan fingerprint density at radius 1 is 1.60 bits per heavy atom. The molecule has 0 aromatic heterocycles. The van der Waals surface area contributed by atoms with Crippen LogP contribution in [0.5, 0.6) is 0 Å². The normalized spacial score (nSPS) is 50.5. The van der Waals surface area contributed by atoms with E-state index in [0.717, 1.165) is 19.3 Å². The summed E-state index contributed by atoms with van der Waals surface area (Å²) in [5.74, 6) is 0.400. The number of aliphatic carboxylic acids is 1. The fraction of sp³-hybridized carbons (Fsp3) is 0.875. The maximum absolute atomic E-state index is 10.8. The molecule has 2 saturated carbocycles. The van der Waals surface area contributed by atoms with Crippen LogP contribution in [0.2, 0.25) is 0 Å². The SMILES string of the molecule is CC1CCC2CC12C(=O)O. The Morgan fingerprint density at radius 3 is 2.50 bits per heavy atom. The first kappa shape index (κ1) is 6.20. The van der Waals surface area contributed by atoms with E-state index in [1.54, 1.807) is 0 Å². The first-order chi connectivity index (χ1) is 4.68. The summed E-state index contributed by atoms with van der Waals surface area (Å²) >= 11 is 0. The first-order valence-electron chi connectivity index (χ1n) is 3.91. The van der Waals surface area contributed by atoms with Crippen LogP contribution in [-0.4, -0.2) is 11.1 Å². The van der Waals surface area contributed by atoms with Crippen molar-refractivity contribution in [3.8, 4) is 0 Å². The Bertz CT molecular complexity index is 188. The molecule has 0 aromatic rings. The van der Waals surface area contributed by atoms with Gasteiger partial charge in [0.2, 0.25) is 0 Å². The Morgan fingerprint density at radius 2 is 2.30 bits per heavy atom. The number of hydrogen-bond donors (Lipinski definition) is 1. The van der Waals surface area contributed by atoms with Gasteiger partial charge in [-0.2, -0.15) is 0 Å². The molecule has 2 fully saturated rings. The molecule has 2 aliphatic rings. The molecule has 2 nitrogen and oxygen atoms in total. The number of fused-ring (bicyclic) bond motifs is 1. The van der Waals surface area contributed by atoms with Crippen molar-refractivity contribution < 1.29 is 9.90 Å². The quantitative estimate of drug-likeness (QED) is 0.599. The van der Waals surface area contributed by atoms with Gasteiger partial charge >= 0.3 is 5.97 Å². The minimum Gasteiger partial charge on any atom is -0.481 e.